The van der Waals surface area contributed by atoms with Gasteiger partial charge in [0.2, 0.25) is 5.95 Å². The zero-order chi connectivity index (χ0) is 16.5. The second kappa shape index (κ2) is 8.88. The van der Waals surface area contributed by atoms with Crippen LogP contribution < -0.4 is 10.6 Å². The maximum absolute atomic E-state index is 12.1. The molecule has 1 unspecified atom stereocenters. The molecule has 23 heavy (non-hydrogen) atoms. The van der Waals surface area contributed by atoms with E-state index in [1.54, 1.807) is 12.3 Å². The van der Waals surface area contributed by atoms with Gasteiger partial charge in [0.1, 0.15) is 5.69 Å². The zero-order valence-electron chi connectivity index (χ0n) is 13.7. The molecule has 5 nitrogen and oxygen atoms in total. The van der Waals surface area contributed by atoms with Gasteiger partial charge in [-0.3, -0.25) is 4.79 Å². The minimum atomic E-state index is -0.160. The van der Waals surface area contributed by atoms with Crippen molar-refractivity contribution < 1.29 is 4.79 Å². The molecule has 1 aromatic carbocycles. The molecule has 0 saturated heterocycles. The summed E-state index contributed by atoms with van der Waals surface area (Å²) >= 11 is 0. The van der Waals surface area contributed by atoms with Crippen molar-refractivity contribution >= 4 is 11.9 Å². The van der Waals surface area contributed by atoms with Gasteiger partial charge in [0, 0.05) is 18.8 Å². The molecule has 122 valence electrons. The van der Waals surface area contributed by atoms with Gasteiger partial charge in [-0.2, -0.15) is 0 Å². The number of nitrogens with zero attached hydrogens (tertiary/aromatic N) is 2. The van der Waals surface area contributed by atoms with Crippen LogP contribution in [0, 0.1) is 0 Å². The van der Waals surface area contributed by atoms with Gasteiger partial charge in [0.15, 0.2) is 0 Å². The van der Waals surface area contributed by atoms with E-state index in [2.05, 4.69) is 46.6 Å². The van der Waals surface area contributed by atoms with Crippen LogP contribution in [0.5, 0.6) is 0 Å². The number of carbonyl (C=O) groups excluding carboxylic acids is 1. The molecule has 0 spiro atoms. The molecular formula is C18H24N4O. The molecule has 1 aromatic heterocycles. The molecule has 5 heteroatoms. The van der Waals surface area contributed by atoms with Crippen LogP contribution in [0.25, 0.3) is 0 Å². The molecule has 0 aliphatic carbocycles. The second-order valence-electron chi connectivity index (χ2n) is 5.56. The summed E-state index contributed by atoms with van der Waals surface area (Å²) in [5.41, 5.74) is 1.68. The Morgan fingerprint density at radius 1 is 1.22 bits per heavy atom. The first-order valence-corrected chi connectivity index (χ1v) is 8.10. The lowest BCUT2D eigenvalue weighted by Crippen LogP contribution is -2.26. The first-order valence-electron chi connectivity index (χ1n) is 8.10. The highest BCUT2D eigenvalue weighted by Gasteiger charge is 2.09. The Balaban J connectivity index is 1.80. The van der Waals surface area contributed by atoms with Crippen molar-refractivity contribution in [2.45, 2.75) is 39.2 Å². The van der Waals surface area contributed by atoms with Crippen molar-refractivity contribution in [1.29, 1.82) is 0 Å². The molecule has 0 radical (unpaired) electrons. The van der Waals surface area contributed by atoms with Gasteiger partial charge >= 0.3 is 0 Å². The van der Waals surface area contributed by atoms with E-state index in [1.807, 2.05) is 18.2 Å². The van der Waals surface area contributed by atoms with Crippen LogP contribution in [0.4, 0.5) is 5.95 Å². The zero-order valence-corrected chi connectivity index (χ0v) is 13.7. The van der Waals surface area contributed by atoms with Crippen molar-refractivity contribution in [3.8, 4) is 0 Å². The molecule has 2 rings (SSSR count). The molecule has 0 saturated carbocycles. The fourth-order valence-corrected chi connectivity index (χ4v) is 2.11. The molecule has 0 aliphatic heterocycles. The summed E-state index contributed by atoms with van der Waals surface area (Å²) in [6, 6.07) is 12.2. The summed E-state index contributed by atoms with van der Waals surface area (Å²) in [7, 11) is 0. The standard InChI is InChI=1S/C18H24N4O/c1-3-14(2)21-18-20-13-11-16(22-18)17(23)19-12-7-10-15-8-5-4-6-9-15/h4-6,8-9,11,13-14H,3,7,10,12H2,1-2H3,(H,19,23)(H,20,21,22). The van der Waals surface area contributed by atoms with Crippen molar-refractivity contribution in [1.82, 2.24) is 15.3 Å². The molecule has 0 aliphatic rings. The van der Waals surface area contributed by atoms with E-state index in [0.717, 1.165) is 19.3 Å². The average molecular weight is 312 g/mol. The molecular weight excluding hydrogens is 288 g/mol. The van der Waals surface area contributed by atoms with Crippen molar-refractivity contribution in [3.63, 3.8) is 0 Å². The van der Waals surface area contributed by atoms with Gasteiger partial charge in [-0.05, 0) is 37.8 Å². The lowest BCUT2D eigenvalue weighted by Gasteiger charge is -2.11. The largest absolute Gasteiger partial charge is 0.352 e. The Labute approximate surface area is 137 Å². The number of rotatable bonds is 8. The Morgan fingerprint density at radius 2 is 2.00 bits per heavy atom. The summed E-state index contributed by atoms with van der Waals surface area (Å²) in [4.78, 5) is 20.5. The van der Waals surface area contributed by atoms with Crippen LogP contribution in [0.3, 0.4) is 0 Å². The van der Waals surface area contributed by atoms with Crippen LogP contribution >= 0.6 is 0 Å². The molecule has 0 bridgehead atoms. The van der Waals surface area contributed by atoms with Crippen molar-refractivity contribution in [2.24, 2.45) is 0 Å². The minimum absolute atomic E-state index is 0.160. The van der Waals surface area contributed by atoms with Crippen LogP contribution in [0.2, 0.25) is 0 Å². The molecule has 1 heterocycles. The minimum Gasteiger partial charge on any atom is -0.352 e. The summed E-state index contributed by atoms with van der Waals surface area (Å²) in [6.45, 7) is 4.77. The fraction of sp³-hybridized carbons (Fsp3) is 0.389. The number of anilines is 1. The first kappa shape index (κ1) is 16.9. The molecule has 2 N–H and O–H groups in total. The summed E-state index contributed by atoms with van der Waals surface area (Å²) in [6.07, 6.45) is 4.43. The van der Waals surface area contributed by atoms with Gasteiger partial charge in [-0.25, -0.2) is 9.97 Å². The number of carbonyl (C=O) groups is 1. The van der Waals surface area contributed by atoms with Crippen molar-refractivity contribution in [3.05, 3.63) is 53.9 Å². The Morgan fingerprint density at radius 3 is 2.74 bits per heavy atom. The third-order valence-electron chi connectivity index (χ3n) is 3.65. The number of benzene rings is 1. The number of aryl methyl sites for hydroxylation is 1. The number of hydrogen-bond donors (Lipinski definition) is 2. The van der Waals surface area contributed by atoms with Gasteiger partial charge in [-0.1, -0.05) is 37.3 Å². The van der Waals surface area contributed by atoms with E-state index in [1.165, 1.54) is 5.56 Å². The van der Waals surface area contributed by atoms with Crippen LogP contribution in [-0.2, 0) is 6.42 Å². The Bertz CT molecular complexity index is 615. The van der Waals surface area contributed by atoms with E-state index in [9.17, 15) is 4.79 Å². The summed E-state index contributed by atoms with van der Waals surface area (Å²) in [5, 5.41) is 6.08. The fourth-order valence-electron chi connectivity index (χ4n) is 2.11. The Kier molecular flexibility index (Phi) is 6.54. The van der Waals surface area contributed by atoms with Gasteiger partial charge < -0.3 is 10.6 Å². The third kappa shape index (κ3) is 5.70. The predicted octanol–water partition coefficient (Wildman–Crippen LogP) is 3.05. The monoisotopic (exact) mass is 312 g/mol. The highest BCUT2D eigenvalue weighted by molar-refractivity contribution is 5.92. The van der Waals surface area contributed by atoms with E-state index >= 15 is 0 Å². The van der Waals surface area contributed by atoms with Crippen molar-refractivity contribution in [2.75, 3.05) is 11.9 Å². The van der Waals surface area contributed by atoms with E-state index in [4.69, 9.17) is 0 Å². The number of amides is 1. The van der Waals surface area contributed by atoms with E-state index in [0.29, 0.717) is 18.2 Å². The van der Waals surface area contributed by atoms with Crippen LogP contribution in [0.1, 0.15) is 42.7 Å². The quantitative estimate of drug-likeness (QED) is 0.735. The predicted molar refractivity (Wildman–Crippen MR) is 92.5 cm³/mol. The molecule has 1 atom stereocenters. The topological polar surface area (TPSA) is 66.9 Å². The maximum atomic E-state index is 12.1. The number of aromatic nitrogens is 2. The van der Waals surface area contributed by atoms with Gasteiger partial charge in [-0.15, -0.1) is 0 Å². The average Bonchev–Trinajstić information content (AvgIpc) is 2.59. The summed E-state index contributed by atoms with van der Waals surface area (Å²) in [5.74, 6) is 0.337. The lowest BCUT2D eigenvalue weighted by atomic mass is 10.1. The molecule has 1 amide bonds. The summed E-state index contributed by atoms with van der Waals surface area (Å²) < 4.78 is 0. The van der Waals surface area contributed by atoms with Crippen LogP contribution in [-0.4, -0.2) is 28.5 Å². The van der Waals surface area contributed by atoms with Crippen LogP contribution in [0.15, 0.2) is 42.6 Å². The normalized spacial score (nSPS) is 11.7. The highest BCUT2D eigenvalue weighted by Crippen LogP contribution is 2.05. The van der Waals surface area contributed by atoms with Gasteiger partial charge in [0.05, 0.1) is 0 Å². The van der Waals surface area contributed by atoms with E-state index < -0.39 is 0 Å². The lowest BCUT2D eigenvalue weighted by molar-refractivity contribution is 0.0948. The second-order valence-corrected chi connectivity index (χ2v) is 5.56. The van der Waals surface area contributed by atoms with Gasteiger partial charge in [0.25, 0.3) is 5.91 Å². The molecule has 0 fully saturated rings. The maximum Gasteiger partial charge on any atom is 0.270 e. The third-order valence-corrected chi connectivity index (χ3v) is 3.65. The number of hydrogen-bond acceptors (Lipinski definition) is 4. The number of nitrogens with one attached hydrogen (secondary N) is 2. The first-order chi connectivity index (χ1) is 11.2. The SMILES string of the molecule is CCC(C)Nc1nccc(C(=O)NCCCc2ccccc2)n1. The van der Waals surface area contributed by atoms with E-state index in [-0.39, 0.29) is 11.9 Å². The molecule has 2 aromatic rings. The highest BCUT2D eigenvalue weighted by atomic mass is 16.1. The smallest absolute Gasteiger partial charge is 0.270 e. The Hall–Kier alpha value is -2.43.